The summed E-state index contributed by atoms with van der Waals surface area (Å²) in [6.07, 6.45) is 0. The normalized spacial score (nSPS) is 9.60. The van der Waals surface area contributed by atoms with Crippen LogP contribution in [0.2, 0.25) is 0 Å². The van der Waals surface area contributed by atoms with Crippen LogP contribution in [-0.2, 0) is 0 Å². The molecule has 0 heterocycles. The van der Waals surface area contributed by atoms with Crippen LogP contribution in [0.1, 0.15) is 10.4 Å². The van der Waals surface area contributed by atoms with Gasteiger partial charge in [-0.05, 0) is 22.9 Å². The number of benzene rings is 2. The van der Waals surface area contributed by atoms with Crippen LogP contribution in [0.5, 0.6) is 5.75 Å². The number of aromatic hydroxyl groups is 1. The zero-order valence-corrected chi connectivity index (χ0v) is 10.3. The third kappa shape index (κ3) is 2.31. The second-order valence-corrected chi connectivity index (χ2v) is 3.02. The molecule has 0 saturated heterocycles. The van der Waals surface area contributed by atoms with Gasteiger partial charge in [0.05, 0.1) is 0 Å². The monoisotopic (exact) mass is 211 g/mol. The maximum absolute atomic E-state index is 10.7. The molecule has 0 radical (unpaired) electrons. The summed E-state index contributed by atoms with van der Waals surface area (Å²) >= 11 is 0. The molecule has 2 aromatic carbocycles. The second-order valence-electron chi connectivity index (χ2n) is 3.02. The molecule has 0 aliphatic rings. The van der Waals surface area contributed by atoms with Gasteiger partial charge in [0.1, 0.15) is 11.3 Å². The van der Waals surface area contributed by atoms with E-state index < -0.39 is 5.97 Å². The number of rotatable bonds is 1. The summed E-state index contributed by atoms with van der Waals surface area (Å²) in [7, 11) is 0. The standard InChI is InChI=1S/C11H8O3.Na/c12-10-6-8-4-2-1-3-7(8)5-9(10)11(13)14;/h1-6,12H,(H,13,14);/q;+1. The van der Waals surface area contributed by atoms with Crippen molar-refractivity contribution >= 4 is 16.7 Å². The van der Waals surface area contributed by atoms with Crippen molar-refractivity contribution in [2.45, 2.75) is 0 Å². The van der Waals surface area contributed by atoms with E-state index in [-0.39, 0.29) is 40.9 Å². The van der Waals surface area contributed by atoms with E-state index in [0.717, 1.165) is 10.8 Å². The minimum absolute atomic E-state index is 0. The molecule has 0 saturated carbocycles. The molecular weight excluding hydrogens is 203 g/mol. The fourth-order valence-corrected chi connectivity index (χ4v) is 1.40. The van der Waals surface area contributed by atoms with E-state index in [1.807, 2.05) is 18.2 Å². The molecule has 0 fully saturated rings. The molecule has 0 unspecified atom stereocenters. The first kappa shape index (κ1) is 12.0. The van der Waals surface area contributed by atoms with Crippen LogP contribution in [0.4, 0.5) is 0 Å². The van der Waals surface area contributed by atoms with Gasteiger partial charge in [-0.25, -0.2) is 4.79 Å². The first-order chi connectivity index (χ1) is 6.68. The van der Waals surface area contributed by atoms with Gasteiger partial charge in [0.25, 0.3) is 0 Å². The number of aromatic carboxylic acids is 1. The summed E-state index contributed by atoms with van der Waals surface area (Å²) in [6.45, 7) is 0. The van der Waals surface area contributed by atoms with Crippen LogP contribution < -0.4 is 29.6 Å². The first-order valence-corrected chi connectivity index (χ1v) is 4.13. The molecular formula is C11H8NaO3+. The van der Waals surface area contributed by atoms with E-state index >= 15 is 0 Å². The van der Waals surface area contributed by atoms with Gasteiger partial charge in [-0.1, -0.05) is 24.3 Å². The van der Waals surface area contributed by atoms with E-state index in [1.54, 1.807) is 6.07 Å². The molecule has 0 aliphatic carbocycles. The van der Waals surface area contributed by atoms with Crippen molar-refractivity contribution in [3.05, 3.63) is 42.0 Å². The van der Waals surface area contributed by atoms with E-state index in [0.29, 0.717) is 0 Å². The quantitative estimate of drug-likeness (QED) is 0.610. The molecule has 4 heteroatoms. The van der Waals surface area contributed by atoms with Crippen molar-refractivity contribution < 1.29 is 44.6 Å². The van der Waals surface area contributed by atoms with Crippen molar-refractivity contribution in [3.8, 4) is 5.75 Å². The fraction of sp³-hybridized carbons (Fsp3) is 0. The molecule has 0 aromatic heterocycles. The summed E-state index contributed by atoms with van der Waals surface area (Å²) in [4.78, 5) is 10.7. The van der Waals surface area contributed by atoms with Crippen LogP contribution in [0.25, 0.3) is 10.8 Å². The largest absolute Gasteiger partial charge is 1.00 e. The zero-order valence-electron chi connectivity index (χ0n) is 8.27. The summed E-state index contributed by atoms with van der Waals surface area (Å²) in [6, 6.07) is 10.2. The smallest absolute Gasteiger partial charge is 0.507 e. The van der Waals surface area contributed by atoms with Gasteiger partial charge in [-0.2, -0.15) is 0 Å². The third-order valence-corrected chi connectivity index (χ3v) is 2.09. The summed E-state index contributed by atoms with van der Waals surface area (Å²) < 4.78 is 0. The Morgan fingerprint density at radius 3 is 2.13 bits per heavy atom. The number of hydrogen-bond acceptors (Lipinski definition) is 2. The number of hydrogen-bond donors (Lipinski definition) is 2. The molecule has 0 amide bonds. The molecule has 2 aromatic rings. The van der Waals surface area contributed by atoms with Crippen LogP contribution >= 0.6 is 0 Å². The van der Waals surface area contributed by atoms with Crippen LogP contribution in [-0.4, -0.2) is 16.2 Å². The molecule has 0 spiro atoms. The topological polar surface area (TPSA) is 57.5 Å². The summed E-state index contributed by atoms with van der Waals surface area (Å²) in [5.74, 6) is -1.32. The first-order valence-electron chi connectivity index (χ1n) is 4.13. The Balaban J connectivity index is 0.00000112. The molecule has 3 nitrogen and oxygen atoms in total. The summed E-state index contributed by atoms with van der Waals surface area (Å²) in [5, 5.41) is 19.8. The van der Waals surface area contributed by atoms with Gasteiger partial charge in [0, 0.05) is 0 Å². The Hall–Kier alpha value is -1.03. The predicted octanol–water partition coefficient (Wildman–Crippen LogP) is -0.752. The second kappa shape index (κ2) is 4.66. The average Bonchev–Trinajstić information content (AvgIpc) is 2.16. The van der Waals surface area contributed by atoms with Crippen LogP contribution in [0, 0.1) is 0 Å². The SMILES string of the molecule is O=C(O)c1cc2ccccc2cc1O.[Na+]. The van der Waals surface area contributed by atoms with E-state index in [4.69, 9.17) is 5.11 Å². The maximum Gasteiger partial charge on any atom is 1.00 e. The van der Waals surface area contributed by atoms with Crippen molar-refractivity contribution in [1.29, 1.82) is 0 Å². The number of carbonyl (C=O) groups is 1. The summed E-state index contributed by atoms with van der Waals surface area (Å²) in [5.41, 5.74) is -0.0660. The maximum atomic E-state index is 10.7. The van der Waals surface area contributed by atoms with E-state index in [1.165, 1.54) is 12.1 Å². The van der Waals surface area contributed by atoms with Gasteiger partial charge in [0.2, 0.25) is 0 Å². The van der Waals surface area contributed by atoms with Crippen molar-refractivity contribution in [2.75, 3.05) is 0 Å². The Morgan fingerprint density at radius 1 is 1.07 bits per heavy atom. The fourth-order valence-electron chi connectivity index (χ4n) is 1.40. The van der Waals surface area contributed by atoms with Crippen molar-refractivity contribution in [1.82, 2.24) is 0 Å². The van der Waals surface area contributed by atoms with Gasteiger partial charge in [-0.3, -0.25) is 0 Å². The van der Waals surface area contributed by atoms with Crippen LogP contribution in [0.15, 0.2) is 36.4 Å². The van der Waals surface area contributed by atoms with Gasteiger partial charge < -0.3 is 10.2 Å². The van der Waals surface area contributed by atoms with Crippen molar-refractivity contribution in [3.63, 3.8) is 0 Å². The Labute approximate surface area is 109 Å². The minimum atomic E-state index is -1.12. The van der Waals surface area contributed by atoms with Gasteiger partial charge in [0.15, 0.2) is 0 Å². The van der Waals surface area contributed by atoms with Crippen LogP contribution in [0.3, 0.4) is 0 Å². The Bertz CT molecular complexity index is 508. The number of carboxylic acid groups (broad SMARTS) is 1. The minimum Gasteiger partial charge on any atom is -0.507 e. The number of fused-ring (bicyclic) bond motifs is 1. The van der Waals surface area contributed by atoms with E-state index in [9.17, 15) is 9.90 Å². The molecule has 0 aliphatic heterocycles. The molecule has 70 valence electrons. The van der Waals surface area contributed by atoms with Gasteiger partial charge >= 0.3 is 35.5 Å². The Kier molecular flexibility index (Phi) is 3.74. The van der Waals surface area contributed by atoms with E-state index in [2.05, 4.69) is 0 Å². The zero-order chi connectivity index (χ0) is 10.1. The predicted molar refractivity (Wildman–Crippen MR) is 52.6 cm³/mol. The molecule has 15 heavy (non-hydrogen) atoms. The third-order valence-electron chi connectivity index (χ3n) is 2.09. The molecule has 0 bridgehead atoms. The number of carboxylic acids is 1. The Morgan fingerprint density at radius 2 is 1.60 bits per heavy atom. The van der Waals surface area contributed by atoms with Gasteiger partial charge in [-0.15, -0.1) is 0 Å². The molecule has 2 N–H and O–H groups in total. The number of phenols is 1. The average molecular weight is 211 g/mol. The molecule has 2 rings (SSSR count). The van der Waals surface area contributed by atoms with Crippen molar-refractivity contribution in [2.24, 2.45) is 0 Å². The molecule has 0 atom stereocenters.